The molecule has 0 atom stereocenters. The molecule has 7 nitrogen and oxygen atoms in total. The molecule has 0 radical (unpaired) electrons. The first-order valence-electron chi connectivity index (χ1n) is 8.78. The van der Waals surface area contributed by atoms with E-state index >= 15 is 0 Å². The van der Waals surface area contributed by atoms with Crippen LogP contribution in [-0.2, 0) is 16.0 Å². The fourth-order valence-corrected chi connectivity index (χ4v) is 2.73. The summed E-state index contributed by atoms with van der Waals surface area (Å²) in [5, 5.41) is 0. The van der Waals surface area contributed by atoms with Crippen LogP contribution in [0.1, 0.15) is 5.56 Å². The molecule has 0 unspecified atom stereocenters. The maximum Gasteiger partial charge on any atom is 0.316 e. The van der Waals surface area contributed by atoms with Crippen molar-refractivity contribution in [2.75, 3.05) is 17.2 Å². The van der Waals surface area contributed by atoms with Gasteiger partial charge in [-0.25, -0.2) is 9.37 Å². The van der Waals surface area contributed by atoms with Crippen LogP contribution in [0.2, 0.25) is 0 Å². The largest absolute Gasteiger partial charge is 0.454 e. The SMILES string of the molecule is NC(=O)C(=O)N(CCc1ccccc1)c1ccc(Oc2ccnc(N)c2)c(F)c1. The quantitative estimate of drug-likeness (QED) is 0.625. The summed E-state index contributed by atoms with van der Waals surface area (Å²) in [6.07, 6.45) is 1.91. The molecule has 8 heteroatoms. The van der Waals surface area contributed by atoms with Crippen molar-refractivity contribution in [3.8, 4) is 11.5 Å². The first kappa shape index (κ1) is 19.8. The maximum absolute atomic E-state index is 14.6. The molecular weight excluding hydrogens is 375 g/mol. The van der Waals surface area contributed by atoms with Gasteiger partial charge < -0.3 is 21.1 Å². The van der Waals surface area contributed by atoms with E-state index in [1.807, 2.05) is 30.3 Å². The zero-order valence-corrected chi connectivity index (χ0v) is 15.4. The molecule has 0 aliphatic carbocycles. The highest BCUT2D eigenvalue weighted by molar-refractivity contribution is 6.39. The molecule has 0 saturated heterocycles. The highest BCUT2D eigenvalue weighted by Gasteiger charge is 2.22. The Morgan fingerprint density at radius 2 is 1.83 bits per heavy atom. The van der Waals surface area contributed by atoms with Gasteiger partial charge in [-0.05, 0) is 30.2 Å². The van der Waals surface area contributed by atoms with Crippen LogP contribution in [0.4, 0.5) is 15.9 Å². The summed E-state index contributed by atoms with van der Waals surface area (Å²) in [6.45, 7) is 0.159. The number of nitrogens with zero attached hydrogens (tertiary/aromatic N) is 2. The van der Waals surface area contributed by atoms with Gasteiger partial charge in [-0.3, -0.25) is 9.59 Å². The van der Waals surface area contributed by atoms with Gasteiger partial charge in [0, 0.05) is 30.6 Å². The van der Waals surface area contributed by atoms with Crippen LogP contribution in [0.3, 0.4) is 0 Å². The third kappa shape index (κ3) is 5.07. The predicted molar refractivity (Wildman–Crippen MR) is 107 cm³/mol. The van der Waals surface area contributed by atoms with Gasteiger partial charge in [-0.15, -0.1) is 0 Å². The highest BCUT2D eigenvalue weighted by atomic mass is 19.1. The Labute approximate surface area is 166 Å². The molecule has 4 N–H and O–H groups in total. The van der Waals surface area contributed by atoms with Crippen LogP contribution in [-0.4, -0.2) is 23.3 Å². The number of hydrogen-bond donors (Lipinski definition) is 2. The first-order valence-corrected chi connectivity index (χ1v) is 8.78. The Hall–Kier alpha value is -3.94. The molecule has 0 saturated carbocycles. The van der Waals surface area contributed by atoms with E-state index in [9.17, 15) is 14.0 Å². The van der Waals surface area contributed by atoms with Crippen LogP contribution in [0.25, 0.3) is 0 Å². The normalized spacial score (nSPS) is 10.4. The average molecular weight is 394 g/mol. The Morgan fingerprint density at radius 3 is 2.48 bits per heavy atom. The van der Waals surface area contributed by atoms with Gasteiger partial charge in [-0.1, -0.05) is 30.3 Å². The molecule has 0 aliphatic heterocycles. The molecule has 2 amide bonds. The second kappa shape index (κ2) is 8.83. The van der Waals surface area contributed by atoms with Crippen molar-refractivity contribution in [1.82, 2.24) is 4.98 Å². The highest BCUT2D eigenvalue weighted by Crippen LogP contribution is 2.28. The molecule has 1 heterocycles. The van der Waals surface area contributed by atoms with E-state index in [0.717, 1.165) is 16.5 Å². The zero-order valence-electron chi connectivity index (χ0n) is 15.4. The average Bonchev–Trinajstić information content (AvgIpc) is 2.70. The molecule has 2 aromatic carbocycles. The second-order valence-electron chi connectivity index (χ2n) is 6.19. The van der Waals surface area contributed by atoms with E-state index < -0.39 is 17.6 Å². The lowest BCUT2D eigenvalue weighted by Gasteiger charge is -2.22. The Balaban J connectivity index is 1.82. The third-order valence-electron chi connectivity index (χ3n) is 4.13. The van der Waals surface area contributed by atoms with Crippen LogP contribution in [0.5, 0.6) is 11.5 Å². The van der Waals surface area contributed by atoms with Crippen molar-refractivity contribution in [2.45, 2.75) is 6.42 Å². The van der Waals surface area contributed by atoms with Gasteiger partial charge in [0.25, 0.3) is 0 Å². The number of rotatable bonds is 6. The molecule has 0 spiro atoms. The molecular formula is C21H19FN4O3. The lowest BCUT2D eigenvalue weighted by atomic mass is 10.1. The van der Waals surface area contributed by atoms with E-state index in [2.05, 4.69) is 4.98 Å². The number of nitrogen functional groups attached to an aromatic ring is 1. The predicted octanol–water partition coefficient (Wildman–Crippen LogP) is 2.66. The summed E-state index contributed by atoms with van der Waals surface area (Å²) in [4.78, 5) is 28.7. The Kier molecular flexibility index (Phi) is 6.03. The summed E-state index contributed by atoms with van der Waals surface area (Å²) in [5.74, 6) is -2.26. The van der Waals surface area contributed by atoms with Gasteiger partial charge in [0.1, 0.15) is 11.6 Å². The smallest absolute Gasteiger partial charge is 0.316 e. The topological polar surface area (TPSA) is 112 Å². The summed E-state index contributed by atoms with van der Waals surface area (Å²) in [6, 6.07) is 16.4. The fourth-order valence-electron chi connectivity index (χ4n) is 2.73. The minimum atomic E-state index is -1.12. The number of aromatic nitrogens is 1. The number of ether oxygens (including phenoxy) is 1. The fraction of sp³-hybridized carbons (Fsp3) is 0.0952. The van der Waals surface area contributed by atoms with Gasteiger partial charge in [0.05, 0.1) is 0 Å². The number of pyridine rings is 1. The van der Waals surface area contributed by atoms with Crippen molar-refractivity contribution < 1.29 is 18.7 Å². The first-order chi connectivity index (χ1) is 13.9. The van der Waals surface area contributed by atoms with Gasteiger partial charge in [-0.2, -0.15) is 0 Å². The van der Waals surface area contributed by atoms with Gasteiger partial charge in [0.15, 0.2) is 11.6 Å². The molecule has 3 aromatic rings. The minimum absolute atomic E-state index is 0.0612. The number of halogens is 1. The molecule has 29 heavy (non-hydrogen) atoms. The molecule has 1 aromatic heterocycles. The van der Waals surface area contributed by atoms with E-state index in [1.54, 1.807) is 0 Å². The van der Waals surface area contributed by atoms with Gasteiger partial charge >= 0.3 is 11.8 Å². The lowest BCUT2D eigenvalue weighted by molar-refractivity contribution is -0.135. The molecule has 0 fully saturated rings. The van der Waals surface area contributed by atoms with E-state index in [-0.39, 0.29) is 23.8 Å². The number of carbonyl (C=O) groups excluding carboxylic acids is 2. The van der Waals surface area contributed by atoms with Crippen molar-refractivity contribution >= 4 is 23.3 Å². The Morgan fingerprint density at radius 1 is 1.07 bits per heavy atom. The van der Waals surface area contributed by atoms with E-state index in [4.69, 9.17) is 16.2 Å². The van der Waals surface area contributed by atoms with E-state index in [1.165, 1.54) is 30.5 Å². The summed E-state index contributed by atoms with van der Waals surface area (Å²) in [7, 11) is 0. The number of hydrogen-bond acceptors (Lipinski definition) is 5. The minimum Gasteiger partial charge on any atom is -0.454 e. The van der Waals surface area contributed by atoms with Crippen molar-refractivity contribution in [3.05, 3.63) is 78.2 Å². The van der Waals surface area contributed by atoms with Gasteiger partial charge in [0.2, 0.25) is 0 Å². The number of primary amides is 1. The number of benzene rings is 2. The van der Waals surface area contributed by atoms with Crippen LogP contribution in [0, 0.1) is 5.82 Å². The monoisotopic (exact) mass is 394 g/mol. The Bertz CT molecular complexity index is 1030. The number of nitrogens with two attached hydrogens (primary N) is 2. The van der Waals surface area contributed by atoms with Crippen molar-refractivity contribution in [3.63, 3.8) is 0 Å². The second-order valence-corrected chi connectivity index (χ2v) is 6.19. The molecule has 148 valence electrons. The molecule has 3 rings (SSSR count). The summed E-state index contributed by atoms with van der Waals surface area (Å²) in [5.41, 5.74) is 11.9. The standard InChI is InChI=1S/C21H19FN4O3/c22-17-12-15(6-7-18(17)29-16-8-10-25-19(23)13-16)26(21(28)20(24)27)11-9-14-4-2-1-3-5-14/h1-8,10,12-13H,9,11H2,(H2,23,25)(H2,24,27). The lowest BCUT2D eigenvalue weighted by Crippen LogP contribution is -2.41. The zero-order chi connectivity index (χ0) is 20.8. The number of amides is 2. The third-order valence-corrected chi connectivity index (χ3v) is 4.13. The number of carbonyl (C=O) groups is 2. The number of anilines is 2. The van der Waals surface area contributed by atoms with Crippen molar-refractivity contribution in [1.29, 1.82) is 0 Å². The van der Waals surface area contributed by atoms with Crippen LogP contribution >= 0.6 is 0 Å². The van der Waals surface area contributed by atoms with E-state index in [0.29, 0.717) is 12.2 Å². The van der Waals surface area contributed by atoms with Crippen molar-refractivity contribution in [2.24, 2.45) is 5.73 Å². The summed E-state index contributed by atoms with van der Waals surface area (Å²) < 4.78 is 20.1. The van der Waals surface area contributed by atoms with Crippen LogP contribution in [0.15, 0.2) is 66.9 Å². The maximum atomic E-state index is 14.6. The van der Waals surface area contributed by atoms with Crippen LogP contribution < -0.4 is 21.1 Å². The summed E-state index contributed by atoms with van der Waals surface area (Å²) >= 11 is 0. The molecule has 0 aliphatic rings. The molecule has 0 bridgehead atoms.